The predicted octanol–water partition coefficient (Wildman–Crippen LogP) is 4.06. The van der Waals surface area contributed by atoms with E-state index in [0.29, 0.717) is 18.1 Å². The van der Waals surface area contributed by atoms with Crippen LogP contribution in [-0.4, -0.2) is 19.8 Å². The number of hydrogen-bond acceptors (Lipinski definition) is 2. The third-order valence-electron chi connectivity index (χ3n) is 4.54. The summed E-state index contributed by atoms with van der Waals surface area (Å²) in [7, 11) is 2.06. The van der Waals surface area contributed by atoms with Crippen molar-refractivity contribution < 1.29 is 4.74 Å². The van der Waals surface area contributed by atoms with Crippen LogP contribution in [0.3, 0.4) is 0 Å². The normalized spacial score (nSPS) is 24.9. The monoisotopic (exact) mass is 275 g/mol. The van der Waals surface area contributed by atoms with Crippen LogP contribution in [0.5, 0.6) is 0 Å². The molecule has 20 heavy (non-hydrogen) atoms. The highest BCUT2D eigenvalue weighted by Crippen LogP contribution is 2.35. The summed E-state index contributed by atoms with van der Waals surface area (Å²) in [6.45, 7) is 9.90. The first-order chi connectivity index (χ1) is 9.47. The summed E-state index contributed by atoms with van der Waals surface area (Å²) >= 11 is 0. The lowest BCUT2D eigenvalue weighted by Gasteiger charge is -2.28. The van der Waals surface area contributed by atoms with E-state index in [0.717, 1.165) is 19.4 Å². The molecule has 112 valence electrons. The molecule has 0 aliphatic carbocycles. The fraction of sp³-hybridized carbons (Fsp3) is 0.667. The van der Waals surface area contributed by atoms with Gasteiger partial charge in [-0.15, -0.1) is 0 Å². The molecule has 1 aliphatic rings. The van der Waals surface area contributed by atoms with Gasteiger partial charge in [0.25, 0.3) is 0 Å². The van der Waals surface area contributed by atoms with E-state index in [4.69, 9.17) is 4.74 Å². The number of ether oxygens (including phenoxy) is 1. The number of rotatable bonds is 4. The Hall–Kier alpha value is -0.860. The van der Waals surface area contributed by atoms with Gasteiger partial charge in [0.15, 0.2) is 0 Å². The molecule has 1 fully saturated rings. The summed E-state index contributed by atoms with van der Waals surface area (Å²) < 4.78 is 5.86. The molecule has 1 saturated heterocycles. The van der Waals surface area contributed by atoms with Crippen LogP contribution in [0.25, 0.3) is 0 Å². The molecule has 3 unspecified atom stereocenters. The first-order valence-electron chi connectivity index (χ1n) is 7.86. The Morgan fingerprint density at radius 2 is 1.90 bits per heavy atom. The fourth-order valence-corrected chi connectivity index (χ4v) is 3.29. The Balaban J connectivity index is 2.19. The van der Waals surface area contributed by atoms with Gasteiger partial charge in [0.1, 0.15) is 0 Å². The Morgan fingerprint density at radius 3 is 2.40 bits per heavy atom. The second-order valence-electron chi connectivity index (χ2n) is 6.91. The summed E-state index contributed by atoms with van der Waals surface area (Å²) in [5.41, 5.74) is 3.00. The van der Waals surface area contributed by atoms with Crippen molar-refractivity contribution in [1.82, 2.24) is 5.32 Å². The van der Waals surface area contributed by atoms with E-state index in [2.05, 4.69) is 64.3 Å². The molecular formula is C18H29NO. The summed E-state index contributed by atoms with van der Waals surface area (Å²) in [6.07, 6.45) is 2.66. The van der Waals surface area contributed by atoms with E-state index < -0.39 is 0 Å². The largest absolute Gasteiger partial charge is 0.378 e. The van der Waals surface area contributed by atoms with Crippen molar-refractivity contribution in [1.29, 1.82) is 0 Å². The van der Waals surface area contributed by atoms with E-state index in [1.54, 1.807) is 0 Å². The molecule has 0 radical (unpaired) electrons. The van der Waals surface area contributed by atoms with Gasteiger partial charge in [-0.2, -0.15) is 0 Å². The van der Waals surface area contributed by atoms with Gasteiger partial charge in [0, 0.05) is 18.6 Å². The fourth-order valence-electron chi connectivity index (χ4n) is 3.29. The molecule has 0 spiro atoms. The van der Waals surface area contributed by atoms with Crippen molar-refractivity contribution in [3.63, 3.8) is 0 Å². The van der Waals surface area contributed by atoms with E-state index >= 15 is 0 Å². The second kappa shape index (κ2) is 6.28. The highest BCUT2D eigenvalue weighted by atomic mass is 16.5. The lowest BCUT2D eigenvalue weighted by molar-refractivity contribution is 0.0782. The Bertz CT molecular complexity index is 418. The van der Waals surface area contributed by atoms with Gasteiger partial charge in [-0.05, 0) is 36.4 Å². The number of nitrogens with one attached hydrogen (secondary N) is 1. The summed E-state index contributed by atoms with van der Waals surface area (Å²) in [5.74, 6) is 0.588. The van der Waals surface area contributed by atoms with Crippen LogP contribution in [0, 0.1) is 5.92 Å². The van der Waals surface area contributed by atoms with Gasteiger partial charge in [0.2, 0.25) is 0 Å². The van der Waals surface area contributed by atoms with Crippen molar-refractivity contribution in [2.24, 2.45) is 5.92 Å². The molecule has 2 nitrogen and oxygen atoms in total. The summed E-state index contributed by atoms with van der Waals surface area (Å²) in [5, 5.41) is 3.50. The molecule has 0 amide bonds. The first kappa shape index (κ1) is 15.5. The minimum atomic E-state index is 0.218. The summed E-state index contributed by atoms with van der Waals surface area (Å²) in [6, 6.07) is 9.52. The SMILES string of the molecule is CCC1OCCC1C(NC)c1ccc(C(C)(C)C)cc1. The molecule has 1 heterocycles. The van der Waals surface area contributed by atoms with Crippen molar-refractivity contribution >= 4 is 0 Å². The zero-order valence-corrected chi connectivity index (χ0v) is 13.6. The quantitative estimate of drug-likeness (QED) is 0.894. The number of hydrogen-bond donors (Lipinski definition) is 1. The van der Waals surface area contributed by atoms with Gasteiger partial charge in [-0.25, -0.2) is 0 Å². The van der Waals surface area contributed by atoms with Crippen molar-refractivity contribution in [2.75, 3.05) is 13.7 Å². The third-order valence-corrected chi connectivity index (χ3v) is 4.54. The summed E-state index contributed by atoms with van der Waals surface area (Å²) in [4.78, 5) is 0. The Kier molecular flexibility index (Phi) is 4.87. The molecule has 2 heteroatoms. The van der Waals surface area contributed by atoms with Gasteiger partial charge >= 0.3 is 0 Å². The molecule has 1 aromatic carbocycles. The smallest absolute Gasteiger partial charge is 0.0619 e. The van der Waals surface area contributed by atoms with Crippen LogP contribution in [0.15, 0.2) is 24.3 Å². The maximum Gasteiger partial charge on any atom is 0.0619 e. The Labute approximate surface area is 123 Å². The van der Waals surface area contributed by atoms with Crippen LogP contribution in [0.2, 0.25) is 0 Å². The van der Waals surface area contributed by atoms with E-state index in [-0.39, 0.29) is 5.41 Å². The molecular weight excluding hydrogens is 246 g/mol. The zero-order chi connectivity index (χ0) is 14.8. The van der Waals surface area contributed by atoms with Gasteiger partial charge in [-0.1, -0.05) is 52.0 Å². The highest BCUT2D eigenvalue weighted by molar-refractivity contribution is 5.29. The van der Waals surface area contributed by atoms with Gasteiger partial charge in [0.05, 0.1) is 6.10 Å². The van der Waals surface area contributed by atoms with Crippen molar-refractivity contribution in [2.45, 2.75) is 58.1 Å². The van der Waals surface area contributed by atoms with Crippen LogP contribution in [0.1, 0.15) is 57.7 Å². The molecule has 1 aliphatic heterocycles. The van der Waals surface area contributed by atoms with Crippen LogP contribution in [0.4, 0.5) is 0 Å². The van der Waals surface area contributed by atoms with Crippen LogP contribution in [-0.2, 0) is 10.2 Å². The Morgan fingerprint density at radius 1 is 1.25 bits per heavy atom. The average molecular weight is 275 g/mol. The molecule has 0 bridgehead atoms. The minimum Gasteiger partial charge on any atom is -0.378 e. The lowest BCUT2D eigenvalue weighted by Crippen LogP contribution is -2.30. The zero-order valence-electron chi connectivity index (χ0n) is 13.6. The standard InChI is InChI=1S/C18H29NO/c1-6-16-15(11-12-20-16)17(19-5)13-7-9-14(10-8-13)18(2,3)4/h7-10,15-17,19H,6,11-12H2,1-5H3. The maximum atomic E-state index is 5.86. The molecule has 1 aromatic rings. The molecule has 0 saturated carbocycles. The molecule has 1 N–H and O–H groups in total. The van der Waals surface area contributed by atoms with Gasteiger partial charge < -0.3 is 10.1 Å². The van der Waals surface area contributed by atoms with E-state index in [1.807, 2.05) is 0 Å². The first-order valence-corrected chi connectivity index (χ1v) is 7.86. The second-order valence-corrected chi connectivity index (χ2v) is 6.91. The lowest BCUT2D eigenvalue weighted by atomic mass is 9.83. The minimum absolute atomic E-state index is 0.218. The predicted molar refractivity (Wildman–Crippen MR) is 85.1 cm³/mol. The molecule has 2 rings (SSSR count). The topological polar surface area (TPSA) is 21.3 Å². The van der Waals surface area contributed by atoms with Crippen molar-refractivity contribution in [3.8, 4) is 0 Å². The maximum absolute atomic E-state index is 5.86. The van der Waals surface area contributed by atoms with Crippen molar-refractivity contribution in [3.05, 3.63) is 35.4 Å². The van der Waals surface area contributed by atoms with E-state index in [9.17, 15) is 0 Å². The van der Waals surface area contributed by atoms with Crippen LogP contribution < -0.4 is 5.32 Å². The average Bonchev–Trinajstić information content (AvgIpc) is 2.87. The highest BCUT2D eigenvalue weighted by Gasteiger charge is 2.33. The van der Waals surface area contributed by atoms with Gasteiger partial charge in [-0.3, -0.25) is 0 Å². The third kappa shape index (κ3) is 3.24. The number of benzene rings is 1. The molecule has 0 aromatic heterocycles. The molecule has 3 atom stereocenters. The van der Waals surface area contributed by atoms with E-state index in [1.165, 1.54) is 11.1 Å². The van der Waals surface area contributed by atoms with Crippen LogP contribution >= 0.6 is 0 Å².